The quantitative estimate of drug-likeness (QED) is 0.262. The second kappa shape index (κ2) is 8.54. The summed E-state index contributed by atoms with van der Waals surface area (Å²) in [6, 6.07) is 44.5. The molecule has 0 spiro atoms. The topological polar surface area (TPSA) is 21.1 Å². The zero-order chi connectivity index (χ0) is 22.0. The highest BCUT2D eigenvalue weighted by atomic mass is 31.1. The molecule has 0 aliphatic carbocycles. The van der Waals surface area contributed by atoms with Crippen LogP contribution in [0.4, 0.5) is 11.4 Å². The summed E-state index contributed by atoms with van der Waals surface area (Å²) < 4.78 is 4.60. The number of para-hydroxylation sites is 4. The van der Waals surface area contributed by atoms with E-state index < -0.39 is 0 Å². The van der Waals surface area contributed by atoms with Gasteiger partial charge in [-0.25, -0.2) is 4.98 Å². The Morgan fingerprint density at radius 3 is 1.61 bits per heavy atom. The second-order valence-corrected chi connectivity index (χ2v) is 9.05. The molecule has 2 heterocycles. The number of benzene rings is 4. The lowest BCUT2D eigenvalue weighted by molar-refractivity contribution is 1.09. The van der Waals surface area contributed by atoms with Gasteiger partial charge in [0.15, 0.2) is 0 Å². The van der Waals surface area contributed by atoms with Gasteiger partial charge in [-0.15, -0.1) is 0 Å². The Morgan fingerprint density at radius 1 is 0.515 bits per heavy atom. The van der Waals surface area contributed by atoms with Gasteiger partial charge in [-0.05, 0) is 48.5 Å². The van der Waals surface area contributed by atoms with Gasteiger partial charge in [-0.3, -0.25) is 4.57 Å². The molecule has 158 valence electrons. The van der Waals surface area contributed by atoms with E-state index in [1.54, 1.807) is 0 Å². The summed E-state index contributed by atoms with van der Waals surface area (Å²) in [6.07, 6.45) is 0. The highest BCUT2D eigenvalue weighted by Gasteiger charge is 2.14. The molecule has 6 aromatic rings. The number of nitrogens with zero attached hydrogens (tertiary/aromatic N) is 3. The molecule has 0 N–H and O–H groups in total. The van der Waals surface area contributed by atoms with Gasteiger partial charge in [0.1, 0.15) is 5.82 Å². The fourth-order valence-electron chi connectivity index (χ4n) is 4.33. The Morgan fingerprint density at radius 2 is 1.03 bits per heavy atom. The molecule has 0 saturated carbocycles. The predicted octanol–water partition coefficient (Wildman–Crippen LogP) is 7.24. The zero-order valence-corrected chi connectivity index (χ0v) is 19.0. The molecule has 6 rings (SSSR count). The van der Waals surface area contributed by atoms with E-state index in [1.165, 1.54) is 21.8 Å². The van der Waals surface area contributed by atoms with E-state index in [-0.39, 0.29) is 0 Å². The molecule has 4 heteroatoms. The molecule has 0 aliphatic heterocycles. The summed E-state index contributed by atoms with van der Waals surface area (Å²) in [7, 11) is 0.364. The highest BCUT2D eigenvalue weighted by Crippen LogP contribution is 2.36. The zero-order valence-electron chi connectivity index (χ0n) is 18.0. The summed E-state index contributed by atoms with van der Waals surface area (Å²) in [5.74, 6) is 0.943. The Balaban J connectivity index is 1.46. The number of pyridine rings is 1. The van der Waals surface area contributed by atoms with Crippen LogP contribution >= 0.6 is 8.73 Å². The van der Waals surface area contributed by atoms with Crippen LogP contribution in [0.15, 0.2) is 127 Å². The smallest absolute Gasteiger partial charge is 0.138 e. The number of aromatic nitrogens is 2. The largest absolute Gasteiger partial charge is 0.317 e. The van der Waals surface area contributed by atoms with E-state index in [0.29, 0.717) is 8.73 Å². The molecule has 0 radical (unpaired) electrons. The summed E-state index contributed by atoms with van der Waals surface area (Å²) in [5.41, 5.74) is 5.71. The van der Waals surface area contributed by atoms with Crippen LogP contribution in [0.2, 0.25) is 0 Å². The molecule has 33 heavy (non-hydrogen) atoms. The van der Waals surface area contributed by atoms with Crippen molar-refractivity contribution >= 4 is 47.3 Å². The monoisotopic (exact) mass is 443 g/mol. The van der Waals surface area contributed by atoms with Crippen LogP contribution in [0, 0.1) is 0 Å². The van der Waals surface area contributed by atoms with Gasteiger partial charge in [0, 0.05) is 30.9 Å². The van der Waals surface area contributed by atoms with Crippen molar-refractivity contribution in [2.45, 2.75) is 0 Å². The number of hydrogen-bond acceptors (Lipinski definition) is 2. The first-order valence-electron chi connectivity index (χ1n) is 11.0. The summed E-state index contributed by atoms with van der Waals surface area (Å²) in [6.45, 7) is 0. The summed E-state index contributed by atoms with van der Waals surface area (Å²) >= 11 is 0. The van der Waals surface area contributed by atoms with Gasteiger partial charge < -0.3 is 4.67 Å². The minimum atomic E-state index is 0.364. The van der Waals surface area contributed by atoms with Gasteiger partial charge in [0.25, 0.3) is 0 Å². The Labute approximate surface area is 194 Å². The van der Waals surface area contributed by atoms with Gasteiger partial charge >= 0.3 is 0 Å². The van der Waals surface area contributed by atoms with E-state index in [1.807, 2.05) is 0 Å². The first-order valence-corrected chi connectivity index (χ1v) is 12.0. The van der Waals surface area contributed by atoms with Crippen molar-refractivity contribution in [1.82, 2.24) is 9.55 Å². The lowest BCUT2D eigenvalue weighted by atomic mass is 10.2. The van der Waals surface area contributed by atoms with Crippen LogP contribution in [0.25, 0.3) is 27.6 Å². The molecule has 4 aromatic carbocycles. The second-order valence-electron chi connectivity index (χ2n) is 7.87. The third kappa shape index (κ3) is 3.67. The van der Waals surface area contributed by atoms with Crippen LogP contribution in [-0.2, 0) is 0 Å². The number of anilines is 2. The van der Waals surface area contributed by atoms with Crippen molar-refractivity contribution < 1.29 is 0 Å². The van der Waals surface area contributed by atoms with Crippen LogP contribution in [0.5, 0.6) is 0 Å². The number of hydrogen-bond donors (Lipinski definition) is 0. The van der Waals surface area contributed by atoms with E-state index in [2.05, 4.69) is 137 Å². The van der Waals surface area contributed by atoms with E-state index >= 15 is 0 Å². The van der Waals surface area contributed by atoms with E-state index in [0.717, 1.165) is 22.6 Å². The van der Waals surface area contributed by atoms with E-state index in [9.17, 15) is 0 Å². The minimum Gasteiger partial charge on any atom is -0.317 e. The molecule has 0 amide bonds. The summed E-state index contributed by atoms with van der Waals surface area (Å²) in [5, 5.41) is 2.50. The lowest BCUT2D eigenvalue weighted by Crippen LogP contribution is -2.14. The van der Waals surface area contributed by atoms with Crippen molar-refractivity contribution in [2.24, 2.45) is 0 Å². The minimum absolute atomic E-state index is 0.364. The van der Waals surface area contributed by atoms with Crippen LogP contribution in [-0.4, -0.2) is 9.55 Å². The van der Waals surface area contributed by atoms with Crippen LogP contribution in [0.1, 0.15) is 0 Å². The number of rotatable bonds is 5. The Hall–Kier alpha value is -3.94. The normalized spacial score (nSPS) is 11.5. The first kappa shape index (κ1) is 19.7. The number of fused-ring (bicyclic) bond motifs is 3. The molecule has 0 saturated heterocycles. The molecule has 2 aromatic heterocycles. The first-order chi connectivity index (χ1) is 16.4. The SMILES string of the molecule is c1ccc(N(Pc2cccc(-n3c4ccccc4c4ccccc43)n2)c2ccccc2)cc1. The molecule has 1 unspecified atom stereocenters. The standard InChI is InChI=1S/C29H22N3P/c1-3-12-22(13-4-1)32(23-14-5-2-6-15-23)33-29-21-11-20-28(30-29)31-26-18-9-7-16-24(26)25-17-8-10-19-27(25)31/h1-21,33H. The van der Waals surface area contributed by atoms with Crippen molar-refractivity contribution in [3.8, 4) is 5.82 Å². The predicted molar refractivity (Wildman–Crippen MR) is 142 cm³/mol. The van der Waals surface area contributed by atoms with E-state index in [4.69, 9.17) is 4.98 Å². The summed E-state index contributed by atoms with van der Waals surface area (Å²) in [4.78, 5) is 5.14. The molecule has 0 aliphatic rings. The average molecular weight is 443 g/mol. The third-order valence-corrected chi connectivity index (χ3v) is 7.05. The van der Waals surface area contributed by atoms with Crippen molar-refractivity contribution in [2.75, 3.05) is 4.67 Å². The maximum absolute atomic E-state index is 5.14. The van der Waals surface area contributed by atoms with Gasteiger partial charge in [0.05, 0.1) is 16.5 Å². The maximum atomic E-state index is 5.14. The average Bonchev–Trinajstić information content (AvgIpc) is 3.23. The fourth-order valence-corrected chi connectivity index (χ4v) is 5.45. The Kier molecular flexibility index (Phi) is 5.10. The third-order valence-electron chi connectivity index (χ3n) is 5.80. The fraction of sp³-hybridized carbons (Fsp3) is 0. The Bertz CT molecular complexity index is 1450. The van der Waals surface area contributed by atoms with Crippen molar-refractivity contribution in [3.63, 3.8) is 0 Å². The maximum Gasteiger partial charge on any atom is 0.138 e. The molecular weight excluding hydrogens is 421 g/mol. The van der Waals surface area contributed by atoms with Gasteiger partial charge in [-0.1, -0.05) is 78.9 Å². The van der Waals surface area contributed by atoms with Crippen LogP contribution in [0.3, 0.4) is 0 Å². The van der Waals surface area contributed by atoms with Crippen molar-refractivity contribution in [1.29, 1.82) is 0 Å². The molecule has 0 fully saturated rings. The van der Waals surface area contributed by atoms with Gasteiger partial charge in [-0.2, -0.15) is 0 Å². The lowest BCUT2D eigenvalue weighted by Gasteiger charge is -2.24. The van der Waals surface area contributed by atoms with Crippen molar-refractivity contribution in [3.05, 3.63) is 127 Å². The molecular formula is C29H22N3P. The van der Waals surface area contributed by atoms with Crippen LogP contribution < -0.4 is 10.1 Å². The molecule has 1 atom stereocenters. The highest BCUT2D eigenvalue weighted by molar-refractivity contribution is 7.49. The molecule has 0 bridgehead atoms. The van der Waals surface area contributed by atoms with Gasteiger partial charge in [0.2, 0.25) is 0 Å². The molecule has 3 nitrogen and oxygen atoms in total.